The maximum Gasteiger partial charge on any atom is 0.243 e. The smallest absolute Gasteiger partial charge is 0.243 e. The van der Waals surface area contributed by atoms with Gasteiger partial charge in [0, 0.05) is 6.54 Å². The summed E-state index contributed by atoms with van der Waals surface area (Å²) in [5.74, 6) is -0.373. The van der Waals surface area contributed by atoms with E-state index in [1.165, 1.54) is 25.1 Å². The molecule has 2 rings (SSSR count). The Morgan fingerprint density at radius 2 is 1.73 bits per heavy atom. The van der Waals surface area contributed by atoms with Crippen molar-refractivity contribution >= 4 is 21.6 Å². The molecule has 0 aliphatic heterocycles. The van der Waals surface area contributed by atoms with Crippen molar-refractivity contribution < 1.29 is 22.3 Å². The summed E-state index contributed by atoms with van der Waals surface area (Å²) in [6.45, 7) is 5.75. The largest absolute Gasteiger partial charge is 0.491 e. The highest BCUT2D eigenvalue weighted by molar-refractivity contribution is 7.92. The molecule has 0 aliphatic rings. The Kier molecular flexibility index (Phi) is 8.23. The molecule has 1 amide bonds. The summed E-state index contributed by atoms with van der Waals surface area (Å²) in [5, 5.41) is 2.74. The molecule has 0 aromatic heterocycles. The second-order valence-electron chi connectivity index (χ2n) is 7.39. The van der Waals surface area contributed by atoms with Crippen LogP contribution in [0, 0.1) is 5.82 Å². The minimum atomic E-state index is -3.85. The zero-order valence-corrected chi connectivity index (χ0v) is 18.6. The number of aryl methyl sites for hydroxylation is 1. The molecule has 2 aromatic rings. The first-order valence-corrected chi connectivity index (χ1v) is 11.7. The molecular weight excluding hydrogens is 407 g/mol. The SMILES string of the molecule is CC(C)Oc1ccc(CCCNC(=O)C(C)N(c2ccccc2F)S(C)(=O)=O)cc1. The van der Waals surface area contributed by atoms with Crippen LogP contribution in [0.4, 0.5) is 10.1 Å². The summed E-state index contributed by atoms with van der Waals surface area (Å²) in [4.78, 5) is 12.5. The van der Waals surface area contributed by atoms with Crippen molar-refractivity contribution in [3.05, 3.63) is 59.9 Å². The van der Waals surface area contributed by atoms with Crippen LogP contribution in [0.3, 0.4) is 0 Å². The van der Waals surface area contributed by atoms with Crippen molar-refractivity contribution in [3.63, 3.8) is 0 Å². The van der Waals surface area contributed by atoms with Gasteiger partial charge >= 0.3 is 0 Å². The zero-order chi connectivity index (χ0) is 22.3. The Bertz CT molecular complexity index is 946. The quantitative estimate of drug-likeness (QED) is 0.578. The van der Waals surface area contributed by atoms with Gasteiger partial charge in [0.05, 0.1) is 18.0 Å². The zero-order valence-electron chi connectivity index (χ0n) is 17.8. The number of nitrogens with one attached hydrogen (secondary N) is 1. The van der Waals surface area contributed by atoms with Crippen LogP contribution in [0.15, 0.2) is 48.5 Å². The fourth-order valence-corrected chi connectivity index (χ4v) is 4.25. The molecule has 0 bridgehead atoms. The van der Waals surface area contributed by atoms with Gasteiger partial charge in [0.25, 0.3) is 0 Å². The summed E-state index contributed by atoms with van der Waals surface area (Å²) in [6.07, 6.45) is 2.50. The molecule has 30 heavy (non-hydrogen) atoms. The normalized spacial score (nSPS) is 12.5. The van der Waals surface area contributed by atoms with E-state index in [0.29, 0.717) is 13.0 Å². The summed E-state index contributed by atoms with van der Waals surface area (Å²) in [6, 6.07) is 12.2. The molecule has 1 unspecified atom stereocenters. The van der Waals surface area contributed by atoms with Crippen LogP contribution in [-0.4, -0.2) is 39.3 Å². The van der Waals surface area contributed by atoms with E-state index in [2.05, 4.69) is 5.32 Å². The third-order valence-electron chi connectivity index (χ3n) is 4.41. The lowest BCUT2D eigenvalue weighted by atomic mass is 10.1. The van der Waals surface area contributed by atoms with E-state index in [9.17, 15) is 17.6 Å². The van der Waals surface area contributed by atoms with E-state index >= 15 is 0 Å². The Morgan fingerprint density at radius 1 is 1.10 bits per heavy atom. The first-order valence-electron chi connectivity index (χ1n) is 9.87. The Hall–Kier alpha value is -2.61. The van der Waals surface area contributed by atoms with Crippen molar-refractivity contribution in [2.24, 2.45) is 0 Å². The summed E-state index contributed by atoms with van der Waals surface area (Å²) >= 11 is 0. The van der Waals surface area contributed by atoms with Gasteiger partial charge in [-0.1, -0.05) is 24.3 Å². The monoisotopic (exact) mass is 436 g/mol. The Balaban J connectivity index is 1.92. The molecule has 0 fully saturated rings. The van der Waals surface area contributed by atoms with Gasteiger partial charge in [-0.05, 0) is 63.4 Å². The fourth-order valence-electron chi connectivity index (χ4n) is 3.07. The van der Waals surface area contributed by atoms with Crippen molar-refractivity contribution in [3.8, 4) is 5.75 Å². The van der Waals surface area contributed by atoms with Crippen molar-refractivity contribution in [2.75, 3.05) is 17.1 Å². The number of rotatable bonds is 10. The van der Waals surface area contributed by atoms with Crippen molar-refractivity contribution in [1.82, 2.24) is 5.32 Å². The number of ether oxygens (including phenoxy) is 1. The van der Waals surface area contributed by atoms with Gasteiger partial charge in [-0.25, -0.2) is 12.8 Å². The minimum Gasteiger partial charge on any atom is -0.491 e. The van der Waals surface area contributed by atoms with Crippen molar-refractivity contribution in [2.45, 2.75) is 45.8 Å². The summed E-state index contributed by atoms with van der Waals surface area (Å²) < 4.78 is 45.0. The molecule has 164 valence electrons. The van der Waals surface area contributed by atoms with E-state index in [-0.39, 0.29) is 11.8 Å². The van der Waals surface area contributed by atoms with Crippen LogP contribution in [-0.2, 0) is 21.2 Å². The number of nitrogens with zero attached hydrogens (tertiary/aromatic N) is 1. The number of hydrogen-bond donors (Lipinski definition) is 1. The van der Waals surface area contributed by atoms with E-state index in [1.807, 2.05) is 38.1 Å². The molecule has 0 saturated carbocycles. The molecule has 8 heteroatoms. The van der Waals surface area contributed by atoms with E-state index < -0.39 is 27.8 Å². The molecule has 0 radical (unpaired) electrons. The van der Waals surface area contributed by atoms with E-state index in [0.717, 1.165) is 34.4 Å². The predicted octanol–water partition coefficient (Wildman–Crippen LogP) is 3.52. The second kappa shape index (κ2) is 10.4. The van der Waals surface area contributed by atoms with Gasteiger partial charge in [0.2, 0.25) is 15.9 Å². The first kappa shape index (κ1) is 23.7. The highest BCUT2D eigenvalue weighted by Crippen LogP contribution is 2.24. The van der Waals surface area contributed by atoms with Gasteiger partial charge in [0.15, 0.2) is 0 Å². The number of para-hydroxylation sites is 1. The van der Waals surface area contributed by atoms with Crippen LogP contribution >= 0.6 is 0 Å². The molecule has 6 nitrogen and oxygen atoms in total. The fraction of sp³-hybridized carbons (Fsp3) is 0.409. The number of amides is 1. The molecule has 2 aromatic carbocycles. The van der Waals surface area contributed by atoms with E-state index in [4.69, 9.17) is 4.74 Å². The topological polar surface area (TPSA) is 75.7 Å². The highest BCUT2D eigenvalue weighted by Gasteiger charge is 2.30. The minimum absolute atomic E-state index is 0.115. The number of sulfonamides is 1. The maximum absolute atomic E-state index is 14.1. The maximum atomic E-state index is 14.1. The van der Waals surface area contributed by atoms with E-state index in [1.54, 1.807) is 0 Å². The van der Waals surface area contributed by atoms with Gasteiger partial charge in [-0.15, -0.1) is 0 Å². The van der Waals surface area contributed by atoms with Crippen LogP contribution < -0.4 is 14.4 Å². The average Bonchev–Trinajstić information content (AvgIpc) is 2.66. The molecule has 1 atom stereocenters. The molecular formula is C22H29FN2O4S. The summed E-state index contributed by atoms with van der Waals surface area (Å²) in [5.41, 5.74) is 0.962. The number of hydrogen-bond acceptors (Lipinski definition) is 4. The second-order valence-corrected chi connectivity index (χ2v) is 9.25. The molecule has 0 spiro atoms. The summed E-state index contributed by atoms with van der Waals surface area (Å²) in [7, 11) is -3.85. The Morgan fingerprint density at radius 3 is 2.30 bits per heavy atom. The van der Waals surface area contributed by atoms with Gasteiger partial charge in [-0.2, -0.15) is 0 Å². The number of benzene rings is 2. The lowest BCUT2D eigenvalue weighted by Crippen LogP contribution is -2.48. The predicted molar refractivity (Wildman–Crippen MR) is 117 cm³/mol. The van der Waals surface area contributed by atoms with Gasteiger partial charge in [-0.3, -0.25) is 9.10 Å². The van der Waals surface area contributed by atoms with Crippen LogP contribution in [0.1, 0.15) is 32.8 Å². The van der Waals surface area contributed by atoms with Crippen LogP contribution in [0.25, 0.3) is 0 Å². The number of halogens is 1. The first-order chi connectivity index (χ1) is 14.1. The van der Waals surface area contributed by atoms with Gasteiger partial charge in [0.1, 0.15) is 17.6 Å². The third kappa shape index (κ3) is 6.73. The third-order valence-corrected chi connectivity index (χ3v) is 5.64. The molecule has 0 heterocycles. The number of carbonyl (C=O) groups is 1. The number of anilines is 1. The lowest BCUT2D eigenvalue weighted by molar-refractivity contribution is -0.121. The lowest BCUT2D eigenvalue weighted by Gasteiger charge is -2.28. The molecule has 0 saturated heterocycles. The standard InChI is InChI=1S/C22H29FN2O4S/c1-16(2)29-19-13-11-18(12-14-19)8-7-15-24-22(26)17(3)25(30(4,27)28)21-10-6-5-9-20(21)23/h5-6,9-14,16-17H,7-8,15H2,1-4H3,(H,24,26). The molecule has 1 N–H and O–H groups in total. The average molecular weight is 437 g/mol. The van der Waals surface area contributed by atoms with Crippen LogP contribution in [0.5, 0.6) is 5.75 Å². The highest BCUT2D eigenvalue weighted by atomic mass is 32.2. The number of carbonyl (C=O) groups excluding carboxylic acids is 1. The molecule has 0 aliphatic carbocycles. The van der Waals surface area contributed by atoms with Crippen molar-refractivity contribution in [1.29, 1.82) is 0 Å². The van der Waals surface area contributed by atoms with Gasteiger partial charge < -0.3 is 10.1 Å². The van der Waals surface area contributed by atoms with Crippen LogP contribution in [0.2, 0.25) is 0 Å². The Labute approximate surface area is 178 Å².